The van der Waals surface area contributed by atoms with Crippen LogP contribution in [0.3, 0.4) is 0 Å². The summed E-state index contributed by atoms with van der Waals surface area (Å²) in [6.45, 7) is 2.13. The minimum atomic E-state index is -0.331. The van der Waals surface area contributed by atoms with E-state index in [1.807, 2.05) is 12.1 Å². The van der Waals surface area contributed by atoms with Gasteiger partial charge in [-0.2, -0.15) is 4.98 Å². The highest BCUT2D eigenvalue weighted by Gasteiger charge is 2.11. The van der Waals surface area contributed by atoms with E-state index in [-0.39, 0.29) is 12.0 Å². The van der Waals surface area contributed by atoms with Crippen molar-refractivity contribution in [1.29, 1.82) is 0 Å². The topological polar surface area (TPSA) is 70.5 Å². The van der Waals surface area contributed by atoms with Crippen LogP contribution in [0.5, 0.6) is 11.9 Å². The number of nitrogens with zero attached hydrogens (tertiary/aromatic N) is 2. The Balaban J connectivity index is 2.24. The van der Waals surface area contributed by atoms with Crippen LogP contribution in [-0.4, -0.2) is 36.8 Å². The SMILES string of the molecule is CCOC(=O)c1cccc(Cc2cnc(OC)nc2OC)c1. The van der Waals surface area contributed by atoms with E-state index in [9.17, 15) is 4.79 Å². The van der Waals surface area contributed by atoms with Gasteiger partial charge in [-0.25, -0.2) is 9.78 Å². The Hall–Kier alpha value is -2.63. The van der Waals surface area contributed by atoms with Gasteiger partial charge >= 0.3 is 12.0 Å². The second-order valence-corrected chi connectivity index (χ2v) is 4.49. The van der Waals surface area contributed by atoms with Gasteiger partial charge in [0.15, 0.2) is 0 Å². The van der Waals surface area contributed by atoms with Crippen molar-refractivity contribution < 1.29 is 19.0 Å². The van der Waals surface area contributed by atoms with Crippen LogP contribution in [0.4, 0.5) is 0 Å². The Bertz CT molecular complexity index is 658. The lowest BCUT2D eigenvalue weighted by Crippen LogP contribution is -2.05. The molecule has 1 heterocycles. The molecule has 0 radical (unpaired) electrons. The quantitative estimate of drug-likeness (QED) is 0.762. The van der Waals surface area contributed by atoms with Crippen LogP contribution in [0.2, 0.25) is 0 Å². The van der Waals surface area contributed by atoms with E-state index < -0.39 is 0 Å². The van der Waals surface area contributed by atoms with Gasteiger partial charge in [-0.1, -0.05) is 12.1 Å². The molecule has 116 valence electrons. The third-order valence-electron chi connectivity index (χ3n) is 3.01. The molecular weight excluding hydrogens is 284 g/mol. The number of hydrogen-bond donors (Lipinski definition) is 0. The largest absolute Gasteiger partial charge is 0.481 e. The lowest BCUT2D eigenvalue weighted by Gasteiger charge is -2.09. The Morgan fingerprint density at radius 2 is 2.05 bits per heavy atom. The highest BCUT2D eigenvalue weighted by molar-refractivity contribution is 5.89. The summed E-state index contributed by atoms with van der Waals surface area (Å²) in [5.74, 6) is 0.121. The molecule has 0 unspecified atom stereocenters. The van der Waals surface area contributed by atoms with E-state index >= 15 is 0 Å². The summed E-state index contributed by atoms with van der Waals surface area (Å²) in [4.78, 5) is 20.0. The summed E-state index contributed by atoms with van der Waals surface area (Å²) in [6, 6.07) is 7.51. The average Bonchev–Trinajstić information content (AvgIpc) is 2.55. The maximum absolute atomic E-state index is 11.8. The highest BCUT2D eigenvalue weighted by atomic mass is 16.5. The van der Waals surface area contributed by atoms with Gasteiger partial charge in [0.1, 0.15) is 0 Å². The first kappa shape index (κ1) is 15.8. The van der Waals surface area contributed by atoms with Gasteiger partial charge in [-0.05, 0) is 24.6 Å². The molecule has 0 aliphatic rings. The number of methoxy groups -OCH3 is 2. The molecular formula is C16H18N2O4. The third kappa shape index (κ3) is 3.72. The van der Waals surface area contributed by atoms with Crippen LogP contribution >= 0.6 is 0 Å². The average molecular weight is 302 g/mol. The molecule has 0 saturated carbocycles. The number of ether oxygens (including phenoxy) is 3. The van der Waals surface area contributed by atoms with Crippen molar-refractivity contribution in [3.8, 4) is 11.9 Å². The fourth-order valence-electron chi connectivity index (χ4n) is 2.01. The van der Waals surface area contributed by atoms with Gasteiger partial charge in [0.2, 0.25) is 5.88 Å². The van der Waals surface area contributed by atoms with E-state index in [0.717, 1.165) is 11.1 Å². The Kier molecular flexibility index (Phi) is 5.30. The summed E-state index contributed by atoms with van der Waals surface area (Å²) in [7, 11) is 3.04. The van der Waals surface area contributed by atoms with E-state index in [1.54, 1.807) is 32.4 Å². The van der Waals surface area contributed by atoms with Crippen molar-refractivity contribution in [3.05, 3.63) is 47.2 Å². The monoisotopic (exact) mass is 302 g/mol. The van der Waals surface area contributed by atoms with Crippen LogP contribution in [-0.2, 0) is 11.2 Å². The number of rotatable bonds is 6. The van der Waals surface area contributed by atoms with Crippen LogP contribution in [0, 0.1) is 0 Å². The number of carbonyl (C=O) groups is 1. The first-order chi connectivity index (χ1) is 10.7. The molecule has 22 heavy (non-hydrogen) atoms. The van der Waals surface area contributed by atoms with E-state index in [2.05, 4.69) is 9.97 Å². The summed E-state index contributed by atoms with van der Waals surface area (Å²) >= 11 is 0. The smallest absolute Gasteiger partial charge is 0.338 e. The van der Waals surface area contributed by atoms with Crippen molar-refractivity contribution in [2.45, 2.75) is 13.3 Å². The number of carbonyl (C=O) groups excluding carboxylic acids is 1. The molecule has 0 aliphatic heterocycles. The van der Waals surface area contributed by atoms with Gasteiger partial charge in [0.25, 0.3) is 0 Å². The van der Waals surface area contributed by atoms with Crippen LogP contribution in [0.25, 0.3) is 0 Å². The molecule has 2 aromatic rings. The molecule has 0 spiro atoms. The molecule has 1 aromatic carbocycles. The van der Waals surface area contributed by atoms with Crippen molar-refractivity contribution in [3.63, 3.8) is 0 Å². The summed E-state index contributed by atoms with van der Waals surface area (Å²) in [5, 5.41) is 0. The van der Waals surface area contributed by atoms with Crippen molar-refractivity contribution >= 4 is 5.97 Å². The van der Waals surface area contributed by atoms with E-state index in [0.29, 0.717) is 24.5 Å². The standard InChI is InChI=1S/C16H18N2O4/c1-4-22-15(19)12-7-5-6-11(8-12)9-13-10-17-16(21-3)18-14(13)20-2/h5-8,10H,4,9H2,1-3H3. The number of hydrogen-bond acceptors (Lipinski definition) is 6. The Morgan fingerprint density at radius 1 is 1.23 bits per heavy atom. The van der Waals surface area contributed by atoms with Crippen molar-refractivity contribution in [2.24, 2.45) is 0 Å². The van der Waals surface area contributed by atoms with Gasteiger partial charge in [-0.3, -0.25) is 0 Å². The zero-order chi connectivity index (χ0) is 15.9. The maximum Gasteiger partial charge on any atom is 0.338 e. The van der Waals surface area contributed by atoms with Gasteiger partial charge in [0.05, 0.1) is 26.4 Å². The zero-order valence-electron chi connectivity index (χ0n) is 12.8. The third-order valence-corrected chi connectivity index (χ3v) is 3.01. The van der Waals surface area contributed by atoms with Crippen molar-refractivity contribution in [1.82, 2.24) is 9.97 Å². The molecule has 0 N–H and O–H groups in total. The molecule has 6 nitrogen and oxygen atoms in total. The first-order valence-corrected chi connectivity index (χ1v) is 6.87. The lowest BCUT2D eigenvalue weighted by atomic mass is 10.0. The second kappa shape index (κ2) is 7.40. The second-order valence-electron chi connectivity index (χ2n) is 4.49. The van der Waals surface area contributed by atoms with Gasteiger partial charge in [-0.15, -0.1) is 0 Å². The molecule has 0 aliphatic carbocycles. The summed E-state index contributed by atoms with van der Waals surface area (Å²) in [6.07, 6.45) is 2.20. The lowest BCUT2D eigenvalue weighted by molar-refractivity contribution is 0.0526. The molecule has 0 fully saturated rings. The Labute approximate surface area is 129 Å². The zero-order valence-corrected chi connectivity index (χ0v) is 12.8. The highest BCUT2D eigenvalue weighted by Crippen LogP contribution is 2.21. The molecule has 0 bridgehead atoms. The van der Waals surface area contributed by atoms with E-state index in [1.165, 1.54) is 7.11 Å². The van der Waals surface area contributed by atoms with Crippen LogP contribution in [0.1, 0.15) is 28.4 Å². The van der Waals surface area contributed by atoms with Gasteiger partial charge < -0.3 is 14.2 Å². The van der Waals surface area contributed by atoms with Crippen molar-refractivity contribution in [2.75, 3.05) is 20.8 Å². The minimum absolute atomic E-state index is 0.251. The Morgan fingerprint density at radius 3 is 2.73 bits per heavy atom. The maximum atomic E-state index is 11.8. The fraction of sp³-hybridized carbons (Fsp3) is 0.312. The van der Waals surface area contributed by atoms with Crippen LogP contribution < -0.4 is 9.47 Å². The van der Waals surface area contributed by atoms with E-state index in [4.69, 9.17) is 14.2 Å². The number of benzene rings is 1. The molecule has 6 heteroatoms. The number of esters is 1. The predicted octanol–water partition coefficient (Wildman–Crippen LogP) is 2.26. The normalized spacial score (nSPS) is 10.1. The molecule has 0 saturated heterocycles. The molecule has 1 aromatic heterocycles. The summed E-state index contributed by atoms with van der Waals surface area (Å²) < 4.78 is 15.2. The molecule has 0 amide bonds. The summed E-state index contributed by atoms with van der Waals surface area (Å²) in [5.41, 5.74) is 2.27. The predicted molar refractivity (Wildman–Crippen MR) is 80.3 cm³/mol. The van der Waals surface area contributed by atoms with Gasteiger partial charge in [0, 0.05) is 18.2 Å². The minimum Gasteiger partial charge on any atom is -0.481 e. The number of aromatic nitrogens is 2. The molecule has 0 atom stereocenters. The van der Waals surface area contributed by atoms with Crippen LogP contribution in [0.15, 0.2) is 30.5 Å². The first-order valence-electron chi connectivity index (χ1n) is 6.87. The molecule has 2 rings (SSSR count). The fourth-order valence-corrected chi connectivity index (χ4v) is 2.01.